The third-order valence-electron chi connectivity index (χ3n) is 4.51. The fraction of sp³-hybridized carbons (Fsp3) is 0.778. The molecule has 1 N–H and O–H groups in total. The minimum Gasteiger partial charge on any atom is -0.444 e. The Morgan fingerprint density at radius 1 is 1.24 bits per heavy atom. The van der Waals surface area contributed by atoms with Gasteiger partial charge in [-0.15, -0.1) is 10.2 Å². The highest BCUT2D eigenvalue weighted by Crippen LogP contribution is 2.26. The molecule has 0 aliphatic carbocycles. The summed E-state index contributed by atoms with van der Waals surface area (Å²) >= 11 is 2.84. The second-order valence-electron chi connectivity index (χ2n) is 8.03. The predicted molar refractivity (Wildman–Crippen MR) is 112 cm³/mol. The van der Waals surface area contributed by atoms with Crippen LogP contribution in [0.15, 0.2) is 4.34 Å². The zero-order valence-electron chi connectivity index (χ0n) is 17.2. The average molecular weight is 444 g/mol. The molecule has 11 heteroatoms. The maximum absolute atomic E-state index is 12.5. The number of ether oxygens (including phenoxy) is 2. The number of aromatic nitrogens is 2. The van der Waals surface area contributed by atoms with E-state index in [-0.39, 0.29) is 18.1 Å². The first kappa shape index (κ1) is 22.1. The summed E-state index contributed by atoms with van der Waals surface area (Å²) in [6, 6.07) is 0. The van der Waals surface area contributed by atoms with E-state index in [9.17, 15) is 9.59 Å². The van der Waals surface area contributed by atoms with Crippen molar-refractivity contribution >= 4 is 40.2 Å². The number of carbonyl (C=O) groups is 2. The van der Waals surface area contributed by atoms with Gasteiger partial charge >= 0.3 is 6.09 Å². The number of rotatable bonds is 6. The van der Waals surface area contributed by atoms with Crippen LogP contribution < -0.4 is 5.32 Å². The van der Waals surface area contributed by atoms with Gasteiger partial charge in [0.2, 0.25) is 11.0 Å². The molecule has 2 aliphatic heterocycles. The van der Waals surface area contributed by atoms with Gasteiger partial charge in [-0.25, -0.2) is 4.79 Å². The lowest BCUT2D eigenvalue weighted by molar-refractivity contribution is -0.130. The van der Waals surface area contributed by atoms with Crippen molar-refractivity contribution in [3.63, 3.8) is 0 Å². The normalized spacial score (nSPS) is 20.0. The molecule has 3 rings (SSSR count). The summed E-state index contributed by atoms with van der Waals surface area (Å²) in [6.45, 7) is 9.11. The highest BCUT2D eigenvalue weighted by molar-refractivity contribution is 8.01. The van der Waals surface area contributed by atoms with Crippen molar-refractivity contribution in [3.05, 3.63) is 0 Å². The van der Waals surface area contributed by atoms with Crippen LogP contribution >= 0.6 is 23.1 Å². The second kappa shape index (κ2) is 9.94. The fourth-order valence-corrected chi connectivity index (χ4v) is 4.69. The summed E-state index contributed by atoms with van der Waals surface area (Å²) in [5.74, 6) is 0.357. The minimum atomic E-state index is -0.514. The van der Waals surface area contributed by atoms with E-state index in [0.29, 0.717) is 31.9 Å². The summed E-state index contributed by atoms with van der Waals surface area (Å²) in [4.78, 5) is 28.0. The molecule has 1 unspecified atom stereocenters. The predicted octanol–water partition coefficient (Wildman–Crippen LogP) is 2.30. The van der Waals surface area contributed by atoms with Crippen LogP contribution in [0.3, 0.4) is 0 Å². The van der Waals surface area contributed by atoms with Gasteiger partial charge in [0.15, 0.2) is 4.34 Å². The molecule has 2 saturated heterocycles. The van der Waals surface area contributed by atoms with E-state index < -0.39 is 5.60 Å². The van der Waals surface area contributed by atoms with Gasteiger partial charge in [-0.05, 0) is 33.6 Å². The van der Waals surface area contributed by atoms with E-state index in [1.807, 2.05) is 20.8 Å². The first-order valence-corrected chi connectivity index (χ1v) is 11.7. The number of amides is 2. The Labute approximate surface area is 179 Å². The molecule has 1 aromatic rings. The molecule has 162 valence electrons. The maximum atomic E-state index is 12.5. The number of carbonyl (C=O) groups excluding carboxylic acids is 2. The fourth-order valence-electron chi connectivity index (χ4n) is 3.03. The maximum Gasteiger partial charge on any atom is 0.410 e. The molecule has 2 aliphatic rings. The van der Waals surface area contributed by atoms with E-state index in [2.05, 4.69) is 15.5 Å². The van der Waals surface area contributed by atoms with Gasteiger partial charge in [0, 0.05) is 39.3 Å². The highest BCUT2D eigenvalue weighted by atomic mass is 32.2. The van der Waals surface area contributed by atoms with Crippen LogP contribution in [0.5, 0.6) is 0 Å². The lowest BCUT2D eigenvalue weighted by atomic mass is 10.2. The molecule has 9 nitrogen and oxygen atoms in total. The molecule has 0 saturated carbocycles. The summed E-state index contributed by atoms with van der Waals surface area (Å²) < 4.78 is 11.7. The number of piperazine rings is 1. The standard InChI is InChI=1S/C18H29N5O4S2/c1-18(2,3)27-17(25)23-8-6-22(7-9-23)14(24)12-28-16-21-20-15(29-16)19-11-13-5-4-10-26-13/h13H,4-12H2,1-3H3,(H,19,20). The SMILES string of the molecule is CC(C)(C)OC(=O)N1CCN(C(=O)CSc2nnc(NCC3CCCO3)s2)CC1. The van der Waals surface area contributed by atoms with Crippen LogP contribution in [0, 0.1) is 0 Å². The Kier molecular flexibility index (Phi) is 7.58. The van der Waals surface area contributed by atoms with Gasteiger partial charge < -0.3 is 24.6 Å². The minimum absolute atomic E-state index is 0.0444. The molecule has 3 heterocycles. The Morgan fingerprint density at radius 3 is 2.62 bits per heavy atom. The number of hydrogen-bond donors (Lipinski definition) is 1. The van der Waals surface area contributed by atoms with Crippen molar-refractivity contribution in [3.8, 4) is 0 Å². The van der Waals surface area contributed by atoms with Crippen molar-refractivity contribution in [2.75, 3.05) is 50.4 Å². The van der Waals surface area contributed by atoms with Gasteiger partial charge in [-0.3, -0.25) is 4.79 Å². The number of hydrogen-bond acceptors (Lipinski definition) is 9. The lowest BCUT2D eigenvalue weighted by Crippen LogP contribution is -2.52. The molecule has 0 bridgehead atoms. The van der Waals surface area contributed by atoms with Gasteiger partial charge in [-0.2, -0.15) is 0 Å². The van der Waals surface area contributed by atoms with Gasteiger partial charge in [0.1, 0.15) is 5.60 Å². The first-order chi connectivity index (χ1) is 13.8. The Bertz CT molecular complexity index is 695. The van der Waals surface area contributed by atoms with Gasteiger partial charge in [0.25, 0.3) is 0 Å². The van der Waals surface area contributed by atoms with Gasteiger partial charge in [0.05, 0.1) is 11.9 Å². The van der Waals surface area contributed by atoms with Crippen molar-refractivity contribution < 1.29 is 19.1 Å². The largest absolute Gasteiger partial charge is 0.444 e. The smallest absolute Gasteiger partial charge is 0.410 e. The van der Waals surface area contributed by atoms with E-state index in [0.717, 1.165) is 35.5 Å². The summed E-state index contributed by atoms with van der Waals surface area (Å²) in [6.07, 6.45) is 2.10. The molecule has 2 amide bonds. The van der Waals surface area contributed by atoms with Crippen LogP contribution in [-0.4, -0.2) is 88.8 Å². The van der Waals surface area contributed by atoms with E-state index in [1.54, 1.807) is 9.80 Å². The first-order valence-electron chi connectivity index (χ1n) is 9.87. The monoisotopic (exact) mass is 443 g/mol. The molecular formula is C18H29N5O4S2. The molecule has 0 spiro atoms. The van der Waals surface area contributed by atoms with E-state index in [4.69, 9.17) is 9.47 Å². The number of nitrogens with one attached hydrogen (secondary N) is 1. The Balaban J connectivity index is 1.36. The number of nitrogens with zero attached hydrogens (tertiary/aromatic N) is 4. The number of anilines is 1. The molecule has 0 radical (unpaired) electrons. The lowest BCUT2D eigenvalue weighted by Gasteiger charge is -2.35. The van der Waals surface area contributed by atoms with Crippen LogP contribution in [0.2, 0.25) is 0 Å². The van der Waals surface area contributed by atoms with E-state index in [1.165, 1.54) is 23.1 Å². The average Bonchev–Trinajstić information content (AvgIpc) is 3.35. The number of thioether (sulfide) groups is 1. The van der Waals surface area contributed by atoms with E-state index >= 15 is 0 Å². The Morgan fingerprint density at radius 2 is 1.97 bits per heavy atom. The van der Waals surface area contributed by atoms with Crippen LogP contribution in [0.1, 0.15) is 33.6 Å². The second-order valence-corrected chi connectivity index (χ2v) is 10.2. The van der Waals surface area contributed by atoms with Crippen LogP contribution in [0.25, 0.3) is 0 Å². The molecule has 1 aromatic heterocycles. The molecular weight excluding hydrogens is 414 g/mol. The third-order valence-corrected chi connectivity index (χ3v) is 6.51. The zero-order valence-corrected chi connectivity index (χ0v) is 18.8. The summed E-state index contributed by atoms with van der Waals surface area (Å²) in [5.41, 5.74) is -0.514. The van der Waals surface area contributed by atoms with Crippen LogP contribution in [-0.2, 0) is 14.3 Å². The Hall–Kier alpha value is -1.59. The van der Waals surface area contributed by atoms with Crippen LogP contribution in [0.4, 0.5) is 9.93 Å². The third kappa shape index (κ3) is 7.00. The molecule has 29 heavy (non-hydrogen) atoms. The van der Waals surface area contributed by atoms with Gasteiger partial charge in [-0.1, -0.05) is 23.1 Å². The molecule has 1 atom stereocenters. The van der Waals surface area contributed by atoms with Crippen molar-refractivity contribution in [2.24, 2.45) is 0 Å². The summed E-state index contributed by atoms with van der Waals surface area (Å²) in [5, 5.41) is 12.3. The summed E-state index contributed by atoms with van der Waals surface area (Å²) in [7, 11) is 0. The highest BCUT2D eigenvalue weighted by Gasteiger charge is 2.27. The quantitative estimate of drug-likeness (QED) is 0.669. The van der Waals surface area contributed by atoms with Crippen molar-refractivity contribution in [1.29, 1.82) is 0 Å². The zero-order chi connectivity index (χ0) is 20.9. The van der Waals surface area contributed by atoms with Crippen molar-refractivity contribution in [1.82, 2.24) is 20.0 Å². The molecule has 2 fully saturated rings. The van der Waals surface area contributed by atoms with Crippen molar-refractivity contribution in [2.45, 2.75) is 49.7 Å². The molecule has 0 aromatic carbocycles. The topological polar surface area (TPSA) is 96.9 Å².